The van der Waals surface area contributed by atoms with Gasteiger partial charge < -0.3 is 23.8 Å². The van der Waals surface area contributed by atoms with E-state index in [4.69, 9.17) is 26.0 Å². The molecule has 0 aliphatic carbocycles. The van der Waals surface area contributed by atoms with Crippen molar-refractivity contribution in [1.82, 2.24) is 4.72 Å². The zero-order chi connectivity index (χ0) is 22.5. The molecule has 0 amide bonds. The third-order valence-electron chi connectivity index (χ3n) is 4.00. The molecule has 0 saturated heterocycles. The molecule has 1 unspecified atom stereocenters. The average Bonchev–Trinajstić information content (AvgIpc) is 3.15. The van der Waals surface area contributed by atoms with Gasteiger partial charge in [0, 0.05) is 22.9 Å². The third-order valence-corrected chi connectivity index (χ3v) is 7.90. The van der Waals surface area contributed by atoms with Crippen LogP contribution in [-0.2, 0) is 21.1 Å². The molecule has 3 rings (SSSR count). The van der Waals surface area contributed by atoms with Crippen molar-refractivity contribution in [2.45, 2.75) is 10.8 Å². The number of thiophene rings is 1. The van der Waals surface area contributed by atoms with Crippen molar-refractivity contribution in [3.63, 3.8) is 0 Å². The molecule has 9 nitrogen and oxygen atoms in total. The number of hydrogen-bond donors (Lipinski definition) is 2. The lowest BCUT2D eigenvalue weighted by Gasteiger charge is -2.15. The third kappa shape index (κ3) is 6.88. The summed E-state index contributed by atoms with van der Waals surface area (Å²) in [6.07, 6.45) is 2.74. The number of nitrogens with zero attached hydrogens (tertiary/aromatic N) is 1. The summed E-state index contributed by atoms with van der Waals surface area (Å²) >= 11 is 6.65. The van der Waals surface area contributed by atoms with E-state index >= 15 is 0 Å². The summed E-state index contributed by atoms with van der Waals surface area (Å²) in [7, 11) is -8.89. The molecule has 0 radical (unpaired) electrons. The highest BCUT2D eigenvalue weighted by atomic mass is 35.5. The van der Waals surface area contributed by atoms with Crippen molar-refractivity contribution < 1.29 is 36.8 Å². The fraction of sp³-hybridized carbons (Fsp3) is 0.278. The van der Waals surface area contributed by atoms with Gasteiger partial charge in [-0.15, -0.1) is 22.9 Å². The number of nitrogens with one attached hydrogen (secondary N) is 1. The monoisotopic (exact) mass is 506 g/mol. The summed E-state index contributed by atoms with van der Waals surface area (Å²) in [6.45, 7) is 1.19. The van der Waals surface area contributed by atoms with Crippen LogP contribution < -0.4 is 23.7 Å². The van der Waals surface area contributed by atoms with Crippen LogP contribution in [0.3, 0.4) is 0 Å². The summed E-state index contributed by atoms with van der Waals surface area (Å²) < 4.78 is 51.5. The van der Waals surface area contributed by atoms with E-state index in [0.29, 0.717) is 34.7 Å². The van der Waals surface area contributed by atoms with Crippen LogP contribution in [0.15, 0.2) is 53.0 Å². The molecule has 168 valence electrons. The topological polar surface area (TPSA) is 129 Å². The fourth-order valence-electron chi connectivity index (χ4n) is 2.61. The van der Waals surface area contributed by atoms with Crippen LogP contribution in [0.5, 0.6) is 11.5 Å². The van der Waals surface area contributed by atoms with Gasteiger partial charge in [-0.25, -0.2) is 17.7 Å². The molecule has 1 aromatic carbocycles. The van der Waals surface area contributed by atoms with Gasteiger partial charge in [0.2, 0.25) is 0 Å². The van der Waals surface area contributed by atoms with Crippen LogP contribution in [0.2, 0.25) is 0 Å². The van der Waals surface area contributed by atoms with Crippen molar-refractivity contribution in [1.29, 1.82) is 0 Å². The van der Waals surface area contributed by atoms with Crippen LogP contribution in [0.25, 0.3) is 10.1 Å². The molecule has 2 heterocycles. The maximum atomic E-state index is 12.4. The second-order valence-corrected chi connectivity index (χ2v) is 11.4. The number of rotatable bonds is 11. The second kappa shape index (κ2) is 10.3. The molecule has 0 aliphatic heterocycles. The molecular formula is C18H20ClN2O7PS2. The molecule has 3 aromatic rings. The predicted octanol–water partition coefficient (Wildman–Crippen LogP) is 1.67. The van der Waals surface area contributed by atoms with Crippen molar-refractivity contribution in [3.05, 3.63) is 48.8 Å². The van der Waals surface area contributed by atoms with Crippen LogP contribution in [-0.4, -0.2) is 38.7 Å². The first-order valence-electron chi connectivity index (χ1n) is 9.04. The van der Waals surface area contributed by atoms with E-state index in [0.717, 1.165) is 11.3 Å². The normalized spacial score (nSPS) is 13.8. The zero-order valence-electron chi connectivity index (χ0n) is 16.1. The molecule has 0 aliphatic rings. The van der Waals surface area contributed by atoms with Gasteiger partial charge in [0.15, 0.2) is 30.4 Å². The molecule has 13 heteroatoms. The highest BCUT2D eigenvalue weighted by Gasteiger charge is 2.20. The number of alkyl halides is 1. The Balaban J connectivity index is 1.84. The number of hydrogen-bond acceptors (Lipinski definition) is 7. The number of fused-ring (bicyclic) bond motifs is 1. The summed E-state index contributed by atoms with van der Waals surface area (Å²) in [5.41, 5.74) is 0. The quantitative estimate of drug-likeness (QED) is 0.230. The minimum absolute atomic E-state index is 0.101. The lowest BCUT2D eigenvalue weighted by Crippen LogP contribution is -2.35. The smallest absolute Gasteiger partial charge is 0.250 e. The van der Waals surface area contributed by atoms with E-state index in [-0.39, 0.29) is 16.7 Å². The van der Waals surface area contributed by atoms with Crippen LogP contribution in [0.1, 0.15) is 0 Å². The minimum Gasteiger partial charge on any atom is -0.778 e. The summed E-state index contributed by atoms with van der Waals surface area (Å²) in [5.74, 6) is 1.12. The van der Waals surface area contributed by atoms with Crippen molar-refractivity contribution in [3.8, 4) is 11.5 Å². The van der Waals surface area contributed by atoms with E-state index in [1.165, 1.54) is 6.07 Å². The number of halogens is 1. The van der Waals surface area contributed by atoms with Gasteiger partial charge in [0.25, 0.3) is 10.0 Å². The molecule has 1 atom stereocenters. The maximum Gasteiger partial charge on any atom is 0.250 e. The first-order valence-corrected chi connectivity index (χ1v) is 13.6. The van der Waals surface area contributed by atoms with Gasteiger partial charge in [-0.2, -0.15) is 0 Å². The van der Waals surface area contributed by atoms with Crippen molar-refractivity contribution in [2.24, 2.45) is 0 Å². The molecule has 31 heavy (non-hydrogen) atoms. The number of ether oxygens (including phenoxy) is 2. The molecular weight excluding hydrogens is 487 g/mol. The summed E-state index contributed by atoms with van der Waals surface area (Å²) in [4.78, 5) is 19.7. The molecule has 2 N–H and O–H groups in total. The van der Waals surface area contributed by atoms with Gasteiger partial charge >= 0.3 is 0 Å². The first kappa shape index (κ1) is 23.9. The van der Waals surface area contributed by atoms with Crippen molar-refractivity contribution >= 4 is 50.6 Å². The SMILES string of the molecule is O=P([O-])(O)CNS(=O)(=O)c1cc2cc(OCC[n+]3ccccc3)c(OCCCl)cc2s1. The predicted molar refractivity (Wildman–Crippen MR) is 115 cm³/mol. The lowest BCUT2D eigenvalue weighted by molar-refractivity contribution is -0.697. The number of aromatic nitrogens is 1. The average molecular weight is 507 g/mol. The molecule has 0 spiro atoms. The summed E-state index contributed by atoms with van der Waals surface area (Å²) in [5, 5.41) is 0.584. The van der Waals surface area contributed by atoms with Crippen LogP contribution in [0.4, 0.5) is 0 Å². The maximum absolute atomic E-state index is 12.4. The Morgan fingerprint density at radius 3 is 2.48 bits per heavy atom. The molecule has 0 bridgehead atoms. The minimum atomic E-state index is -4.77. The van der Waals surface area contributed by atoms with Gasteiger partial charge in [-0.05, 0) is 17.5 Å². The van der Waals surface area contributed by atoms with E-state index in [1.807, 2.05) is 39.9 Å². The Hall–Kier alpha value is -1.72. The first-order chi connectivity index (χ1) is 14.7. The Bertz CT molecular complexity index is 1180. The van der Waals surface area contributed by atoms with Gasteiger partial charge in [0.05, 0.1) is 12.2 Å². The Morgan fingerprint density at radius 1 is 1.13 bits per heavy atom. The Morgan fingerprint density at radius 2 is 1.81 bits per heavy atom. The van der Waals surface area contributed by atoms with E-state index in [2.05, 4.69) is 0 Å². The molecule has 0 saturated carbocycles. The van der Waals surface area contributed by atoms with Gasteiger partial charge in [0.1, 0.15) is 25.0 Å². The van der Waals surface area contributed by atoms with Crippen LogP contribution >= 0.6 is 30.5 Å². The largest absolute Gasteiger partial charge is 0.778 e. The lowest BCUT2D eigenvalue weighted by atomic mass is 10.2. The highest BCUT2D eigenvalue weighted by molar-refractivity contribution is 7.92. The Kier molecular flexibility index (Phi) is 7.92. The Labute approximate surface area is 188 Å². The second-order valence-electron chi connectivity index (χ2n) is 6.34. The van der Waals surface area contributed by atoms with Crippen molar-refractivity contribution in [2.75, 3.05) is 25.4 Å². The highest BCUT2D eigenvalue weighted by Crippen LogP contribution is 2.38. The fourth-order valence-corrected chi connectivity index (χ4v) is 6.13. The number of sulfonamides is 1. The number of pyridine rings is 1. The van der Waals surface area contributed by atoms with E-state index in [1.54, 1.807) is 12.1 Å². The van der Waals surface area contributed by atoms with E-state index < -0.39 is 23.9 Å². The van der Waals surface area contributed by atoms with Gasteiger partial charge in [-0.3, -0.25) is 0 Å². The standard InChI is InChI=1S/C18H20ClN2O7PS2/c19-4-8-27-16-12-17-14(10-15(16)28-9-7-21-5-2-1-3-6-21)11-18(30-17)31(25,26)20-13-29(22,23)24/h1-3,5-6,10-12,20H,4,7-9,13H2,(H-,22,23,24). The summed E-state index contributed by atoms with van der Waals surface area (Å²) in [6, 6.07) is 10.4. The molecule has 2 aromatic heterocycles. The zero-order valence-corrected chi connectivity index (χ0v) is 19.4. The van der Waals surface area contributed by atoms with E-state index in [9.17, 15) is 17.9 Å². The molecule has 0 fully saturated rings. The van der Waals surface area contributed by atoms with Crippen LogP contribution in [0, 0.1) is 0 Å². The van der Waals surface area contributed by atoms with Gasteiger partial charge in [-0.1, -0.05) is 6.07 Å². The number of benzene rings is 1.